The van der Waals surface area contributed by atoms with Gasteiger partial charge < -0.3 is 29.0 Å². The van der Waals surface area contributed by atoms with E-state index in [9.17, 15) is 18.0 Å². The molecule has 1 N–H and O–H groups in total. The number of esters is 1. The van der Waals surface area contributed by atoms with Crippen molar-refractivity contribution >= 4 is 33.6 Å². The van der Waals surface area contributed by atoms with Gasteiger partial charge in [-0.1, -0.05) is 0 Å². The molecule has 1 heterocycles. The first-order chi connectivity index (χ1) is 16.7. The van der Waals surface area contributed by atoms with E-state index in [1.165, 1.54) is 53.8 Å². The molecule has 188 valence electrons. The van der Waals surface area contributed by atoms with Crippen molar-refractivity contribution in [3.05, 3.63) is 53.1 Å². The Morgan fingerprint density at radius 2 is 1.54 bits per heavy atom. The molecule has 0 atom stereocenters. The highest BCUT2D eigenvalue weighted by molar-refractivity contribution is 7.93. The summed E-state index contributed by atoms with van der Waals surface area (Å²) in [7, 11) is 3.11. The van der Waals surface area contributed by atoms with E-state index in [-0.39, 0.29) is 17.3 Å². The number of sulfone groups is 1. The lowest BCUT2D eigenvalue weighted by Gasteiger charge is -2.12. The number of anilines is 1. The summed E-state index contributed by atoms with van der Waals surface area (Å²) in [6.07, 6.45) is 3.24. The van der Waals surface area contributed by atoms with Crippen LogP contribution in [0.5, 0.6) is 23.0 Å². The Morgan fingerprint density at radius 1 is 0.914 bits per heavy atom. The molecule has 1 aromatic carbocycles. The number of amides is 1. The molecule has 11 nitrogen and oxygen atoms in total. The van der Waals surface area contributed by atoms with Crippen LogP contribution in [0, 0.1) is 0 Å². The summed E-state index contributed by atoms with van der Waals surface area (Å²) in [6, 6.07) is 6.13. The normalized spacial score (nSPS) is 11.3. The number of benzene rings is 1. The highest BCUT2D eigenvalue weighted by Crippen LogP contribution is 2.35. The highest BCUT2D eigenvalue weighted by Gasteiger charge is 2.16. The SMILES string of the molecule is COC(=O)/C=C/C(=O)Nc1nc(CS(=O)(=O)/C=C/c2c(OC)cc(OC)cc2OC)ccc1OC. The zero-order chi connectivity index (χ0) is 26.0. The maximum Gasteiger partial charge on any atom is 0.330 e. The lowest BCUT2D eigenvalue weighted by Crippen LogP contribution is -2.13. The summed E-state index contributed by atoms with van der Waals surface area (Å²) in [6.45, 7) is 0. The fraction of sp³-hybridized carbons (Fsp3) is 0.261. The molecule has 0 fully saturated rings. The van der Waals surface area contributed by atoms with Gasteiger partial charge in [0.25, 0.3) is 0 Å². The minimum Gasteiger partial charge on any atom is -0.496 e. The third-order valence-corrected chi connectivity index (χ3v) is 5.74. The number of carbonyl (C=O) groups excluding carboxylic acids is 2. The lowest BCUT2D eigenvalue weighted by molar-refractivity contribution is -0.135. The van der Waals surface area contributed by atoms with Crippen molar-refractivity contribution in [1.82, 2.24) is 4.98 Å². The monoisotopic (exact) mass is 506 g/mol. The molecule has 0 spiro atoms. The quantitative estimate of drug-likeness (QED) is 0.357. The second kappa shape index (κ2) is 12.4. The molecule has 2 aromatic rings. The van der Waals surface area contributed by atoms with Gasteiger partial charge in [0.1, 0.15) is 17.2 Å². The van der Waals surface area contributed by atoms with E-state index in [0.29, 0.717) is 22.8 Å². The molecule has 35 heavy (non-hydrogen) atoms. The van der Waals surface area contributed by atoms with Crippen molar-refractivity contribution < 1.29 is 41.7 Å². The summed E-state index contributed by atoms with van der Waals surface area (Å²) in [5.74, 6) is -0.458. The highest BCUT2D eigenvalue weighted by atomic mass is 32.2. The lowest BCUT2D eigenvalue weighted by atomic mass is 10.1. The Bertz CT molecular complexity index is 1210. The second-order valence-electron chi connectivity index (χ2n) is 6.75. The van der Waals surface area contributed by atoms with Gasteiger partial charge in [0, 0.05) is 29.7 Å². The van der Waals surface area contributed by atoms with Crippen LogP contribution in [-0.4, -0.2) is 60.8 Å². The van der Waals surface area contributed by atoms with Gasteiger partial charge in [0.15, 0.2) is 21.4 Å². The van der Waals surface area contributed by atoms with E-state index >= 15 is 0 Å². The third kappa shape index (κ3) is 7.74. The average molecular weight is 507 g/mol. The van der Waals surface area contributed by atoms with E-state index in [1.807, 2.05) is 0 Å². The van der Waals surface area contributed by atoms with Crippen LogP contribution in [0.15, 0.2) is 41.8 Å². The summed E-state index contributed by atoms with van der Waals surface area (Å²) < 4.78 is 51.0. The van der Waals surface area contributed by atoms with Crippen LogP contribution in [0.2, 0.25) is 0 Å². The average Bonchev–Trinajstić information content (AvgIpc) is 2.85. The molecular formula is C23H26N2O9S. The Balaban J connectivity index is 2.29. The fourth-order valence-corrected chi connectivity index (χ4v) is 3.83. The van der Waals surface area contributed by atoms with Crippen LogP contribution >= 0.6 is 0 Å². The standard InChI is InChI=1S/C23H26N2O9S/c1-30-16-12-19(32-3)17(20(13-16)33-4)10-11-35(28,29)14-15-6-7-18(31-2)23(24-15)25-21(26)8-9-22(27)34-5/h6-13H,14H2,1-5H3,(H,24,25,26)/b9-8+,11-10+. The number of ether oxygens (including phenoxy) is 5. The smallest absolute Gasteiger partial charge is 0.330 e. The number of carbonyl (C=O) groups is 2. The van der Waals surface area contributed by atoms with Crippen LogP contribution in [-0.2, 0) is 29.9 Å². The Hall–Kier alpha value is -4.06. The molecular weight excluding hydrogens is 480 g/mol. The van der Waals surface area contributed by atoms with Gasteiger partial charge in [-0.05, 0) is 18.2 Å². The van der Waals surface area contributed by atoms with Crippen LogP contribution in [0.1, 0.15) is 11.3 Å². The molecule has 12 heteroatoms. The van der Waals surface area contributed by atoms with Crippen molar-refractivity contribution in [3.63, 3.8) is 0 Å². The minimum absolute atomic E-state index is 0.0119. The maximum atomic E-state index is 12.8. The maximum absolute atomic E-state index is 12.8. The van der Waals surface area contributed by atoms with E-state index in [1.54, 1.807) is 12.1 Å². The second-order valence-corrected chi connectivity index (χ2v) is 8.64. The summed E-state index contributed by atoms with van der Waals surface area (Å²) in [5.41, 5.74) is 0.559. The molecule has 1 amide bonds. The van der Waals surface area contributed by atoms with Crippen molar-refractivity contribution in [2.45, 2.75) is 5.75 Å². The predicted octanol–water partition coefficient (Wildman–Crippen LogP) is 2.37. The minimum atomic E-state index is -3.80. The molecule has 0 aliphatic heterocycles. The number of pyridine rings is 1. The summed E-state index contributed by atoms with van der Waals surface area (Å²) in [4.78, 5) is 27.4. The first-order valence-corrected chi connectivity index (χ1v) is 11.7. The first-order valence-electron chi connectivity index (χ1n) is 9.98. The fourth-order valence-electron chi connectivity index (χ4n) is 2.81. The Morgan fingerprint density at radius 3 is 2.09 bits per heavy atom. The number of rotatable bonds is 11. The van der Waals surface area contributed by atoms with Gasteiger partial charge in [-0.3, -0.25) is 4.79 Å². The predicted molar refractivity (Wildman–Crippen MR) is 128 cm³/mol. The number of aromatic nitrogens is 1. The van der Waals surface area contributed by atoms with E-state index in [0.717, 1.165) is 17.6 Å². The Labute approximate surface area is 203 Å². The zero-order valence-electron chi connectivity index (χ0n) is 19.9. The first kappa shape index (κ1) is 27.2. The van der Waals surface area contributed by atoms with Crippen molar-refractivity contribution in [1.29, 1.82) is 0 Å². The van der Waals surface area contributed by atoms with Gasteiger partial charge in [-0.2, -0.15) is 0 Å². The van der Waals surface area contributed by atoms with Crippen LogP contribution in [0.4, 0.5) is 5.82 Å². The number of methoxy groups -OCH3 is 5. The molecule has 0 radical (unpaired) electrons. The van der Waals surface area contributed by atoms with Crippen LogP contribution in [0.25, 0.3) is 6.08 Å². The molecule has 0 aliphatic carbocycles. The molecule has 0 aliphatic rings. The van der Waals surface area contributed by atoms with E-state index < -0.39 is 27.5 Å². The number of nitrogens with one attached hydrogen (secondary N) is 1. The van der Waals surface area contributed by atoms with Crippen LogP contribution in [0.3, 0.4) is 0 Å². The molecule has 0 bridgehead atoms. The number of hydrogen-bond acceptors (Lipinski definition) is 10. The third-order valence-electron chi connectivity index (χ3n) is 4.49. The van der Waals surface area contributed by atoms with Gasteiger partial charge in [0.2, 0.25) is 5.91 Å². The van der Waals surface area contributed by atoms with Crippen LogP contribution < -0.4 is 24.3 Å². The van der Waals surface area contributed by atoms with Crippen molar-refractivity contribution in [2.75, 3.05) is 40.9 Å². The molecule has 2 rings (SSSR count). The summed E-state index contributed by atoms with van der Waals surface area (Å²) in [5, 5.41) is 3.46. The number of nitrogens with zero attached hydrogens (tertiary/aromatic N) is 1. The molecule has 1 aromatic heterocycles. The summed E-state index contributed by atoms with van der Waals surface area (Å²) >= 11 is 0. The molecule has 0 saturated heterocycles. The van der Waals surface area contributed by atoms with E-state index in [2.05, 4.69) is 15.0 Å². The van der Waals surface area contributed by atoms with Crippen molar-refractivity contribution in [2.24, 2.45) is 0 Å². The van der Waals surface area contributed by atoms with Gasteiger partial charge in [0.05, 0.1) is 52.6 Å². The van der Waals surface area contributed by atoms with Gasteiger partial charge in [-0.15, -0.1) is 0 Å². The topological polar surface area (TPSA) is 139 Å². The zero-order valence-corrected chi connectivity index (χ0v) is 20.7. The van der Waals surface area contributed by atoms with E-state index in [4.69, 9.17) is 18.9 Å². The van der Waals surface area contributed by atoms with Gasteiger partial charge in [-0.25, -0.2) is 18.2 Å². The molecule has 0 unspecified atom stereocenters. The number of hydrogen-bond donors (Lipinski definition) is 1. The largest absolute Gasteiger partial charge is 0.496 e. The van der Waals surface area contributed by atoms with Crippen molar-refractivity contribution in [3.8, 4) is 23.0 Å². The van der Waals surface area contributed by atoms with Gasteiger partial charge >= 0.3 is 5.97 Å². The molecule has 0 saturated carbocycles. The Kier molecular flexibility index (Phi) is 9.64.